The summed E-state index contributed by atoms with van der Waals surface area (Å²) in [4.78, 5) is 14.2. The first-order valence-electron chi connectivity index (χ1n) is 6.57. The summed E-state index contributed by atoms with van der Waals surface area (Å²) in [7, 11) is 0. The highest BCUT2D eigenvalue weighted by molar-refractivity contribution is 5.97. The highest BCUT2D eigenvalue weighted by Crippen LogP contribution is 2.23. The van der Waals surface area contributed by atoms with Crippen molar-refractivity contribution in [2.24, 2.45) is 11.8 Å². The molecule has 0 spiro atoms. The highest BCUT2D eigenvalue weighted by Gasteiger charge is 2.26. The molecule has 1 fully saturated rings. The largest absolute Gasteiger partial charge is 0.296 e. The molecule has 2 rings (SSSR count). The van der Waals surface area contributed by atoms with Gasteiger partial charge in [-0.3, -0.25) is 9.69 Å². The maximum Gasteiger partial charge on any atom is 0.176 e. The summed E-state index contributed by atoms with van der Waals surface area (Å²) in [6, 6.07) is 5.95. The van der Waals surface area contributed by atoms with Crippen molar-refractivity contribution in [1.29, 1.82) is 0 Å². The van der Waals surface area contributed by atoms with Gasteiger partial charge in [-0.25, -0.2) is 4.39 Å². The zero-order valence-corrected chi connectivity index (χ0v) is 11.0. The Hall–Kier alpha value is -1.22. The summed E-state index contributed by atoms with van der Waals surface area (Å²) in [5.74, 6) is 1.02. The van der Waals surface area contributed by atoms with Gasteiger partial charge >= 0.3 is 0 Å². The normalized spacial score (nSPS) is 20.6. The van der Waals surface area contributed by atoms with Crippen LogP contribution in [0.4, 0.5) is 4.39 Å². The highest BCUT2D eigenvalue weighted by atomic mass is 19.1. The predicted molar refractivity (Wildman–Crippen MR) is 70.1 cm³/mol. The molecule has 1 atom stereocenters. The second-order valence-corrected chi connectivity index (χ2v) is 5.46. The number of halogens is 1. The van der Waals surface area contributed by atoms with Crippen LogP contribution in [-0.2, 0) is 0 Å². The van der Waals surface area contributed by atoms with Crippen LogP contribution in [0.15, 0.2) is 24.3 Å². The van der Waals surface area contributed by atoms with E-state index < -0.39 is 0 Å². The Bertz CT molecular complexity index is 430. The van der Waals surface area contributed by atoms with E-state index in [2.05, 4.69) is 18.7 Å². The van der Waals surface area contributed by atoms with Crippen LogP contribution in [0.25, 0.3) is 0 Å². The molecule has 0 N–H and O–H groups in total. The molecule has 0 aromatic heterocycles. The standard InChI is InChI=1S/C15H20FNO/c1-11(2)13-6-7-17(9-13)10-15(18)12-4-3-5-14(16)8-12/h3-5,8,11,13H,6-7,9-10H2,1-2H3. The minimum Gasteiger partial charge on any atom is -0.296 e. The first-order valence-corrected chi connectivity index (χ1v) is 6.57. The first kappa shape index (κ1) is 13.2. The zero-order chi connectivity index (χ0) is 13.1. The van der Waals surface area contributed by atoms with Crippen LogP contribution in [0.5, 0.6) is 0 Å². The van der Waals surface area contributed by atoms with Crippen LogP contribution >= 0.6 is 0 Å². The molecule has 1 aliphatic rings. The third kappa shape index (κ3) is 3.16. The number of hydrogen-bond donors (Lipinski definition) is 0. The minimum absolute atomic E-state index is 0.0129. The molecule has 1 aromatic carbocycles. The molecule has 0 amide bonds. The Kier molecular flexibility index (Phi) is 4.12. The van der Waals surface area contributed by atoms with Crippen molar-refractivity contribution in [3.8, 4) is 0 Å². The average molecular weight is 249 g/mol. The molecule has 1 unspecified atom stereocenters. The summed E-state index contributed by atoms with van der Waals surface area (Å²) in [6.07, 6.45) is 1.16. The molecule has 3 heteroatoms. The molecule has 0 radical (unpaired) electrons. The fourth-order valence-corrected chi connectivity index (χ4v) is 2.51. The van der Waals surface area contributed by atoms with Crippen LogP contribution in [0.3, 0.4) is 0 Å². The number of carbonyl (C=O) groups excluding carboxylic acids is 1. The topological polar surface area (TPSA) is 20.3 Å². The average Bonchev–Trinajstić information content (AvgIpc) is 2.77. The van der Waals surface area contributed by atoms with Crippen LogP contribution in [0.1, 0.15) is 30.6 Å². The number of carbonyl (C=O) groups is 1. The SMILES string of the molecule is CC(C)C1CCN(CC(=O)c2cccc(F)c2)C1. The Morgan fingerprint density at radius 2 is 2.28 bits per heavy atom. The number of Topliss-reactive ketones (excluding diaryl/α,β-unsaturated/α-hetero) is 1. The third-order valence-corrected chi connectivity index (χ3v) is 3.77. The van der Waals surface area contributed by atoms with E-state index in [9.17, 15) is 9.18 Å². The van der Waals surface area contributed by atoms with Crippen LogP contribution in [0, 0.1) is 17.7 Å². The number of rotatable bonds is 4. The zero-order valence-electron chi connectivity index (χ0n) is 11.0. The van der Waals surface area contributed by atoms with Gasteiger partial charge in [0, 0.05) is 12.1 Å². The summed E-state index contributed by atoms with van der Waals surface area (Å²) in [5, 5.41) is 0. The molecule has 1 heterocycles. The predicted octanol–water partition coefficient (Wildman–Crippen LogP) is 2.99. The van der Waals surface area contributed by atoms with E-state index in [1.54, 1.807) is 12.1 Å². The van der Waals surface area contributed by atoms with Gasteiger partial charge in [-0.15, -0.1) is 0 Å². The molecule has 0 bridgehead atoms. The van der Waals surface area contributed by atoms with Crippen molar-refractivity contribution >= 4 is 5.78 Å². The van der Waals surface area contributed by atoms with Gasteiger partial charge in [0.1, 0.15) is 5.82 Å². The van der Waals surface area contributed by atoms with E-state index >= 15 is 0 Å². The summed E-state index contributed by atoms with van der Waals surface area (Å²) in [5.41, 5.74) is 0.475. The Morgan fingerprint density at radius 1 is 1.50 bits per heavy atom. The second kappa shape index (κ2) is 5.61. The molecular formula is C15H20FNO. The fraction of sp³-hybridized carbons (Fsp3) is 0.533. The molecule has 98 valence electrons. The minimum atomic E-state index is -0.345. The van der Waals surface area contributed by atoms with Gasteiger partial charge in [0.2, 0.25) is 0 Å². The molecule has 18 heavy (non-hydrogen) atoms. The van der Waals surface area contributed by atoms with Gasteiger partial charge in [-0.05, 0) is 36.9 Å². The van der Waals surface area contributed by atoms with E-state index in [0.29, 0.717) is 23.9 Å². The van der Waals surface area contributed by atoms with E-state index in [1.165, 1.54) is 12.1 Å². The maximum absolute atomic E-state index is 13.0. The Morgan fingerprint density at radius 3 is 2.89 bits per heavy atom. The molecular weight excluding hydrogens is 229 g/mol. The molecule has 1 saturated heterocycles. The van der Waals surface area contributed by atoms with Crippen LogP contribution in [0.2, 0.25) is 0 Å². The first-order chi connectivity index (χ1) is 8.56. The Labute approximate surface area is 108 Å². The monoisotopic (exact) mass is 249 g/mol. The van der Waals surface area contributed by atoms with Crippen molar-refractivity contribution in [1.82, 2.24) is 4.90 Å². The molecule has 1 aromatic rings. The number of hydrogen-bond acceptors (Lipinski definition) is 2. The van der Waals surface area contributed by atoms with E-state index in [-0.39, 0.29) is 11.6 Å². The van der Waals surface area contributed by atoms with Gasteiger partial charge in [0.25, 0.3) is 0 Å². The molecule has 0 aliphatic carbocycles. The number of nitrogens with zero attached hydrogens (tertiary/aromatic N) is 1. The third-order valence-electron chi connectivity index (χ3n) is 3.77. The smallest absolute Gasteiger partial charge is 0.176 e. The van der Waals surface area contributed by atoms with E-state index in [4.69, 9.17) is 0 Å². The van der Waals surface area contributed by atoms with Gasteiger partial charge in [-0.2, -0.15) is 0 Å². The lowest BCUT2D eigenvalue weighted by molar-refractivity contribution is 0.0941. The number of benzene rings is 1. The van der Waals surface area contributed by atoms with Gasteiger partial charge in [0.05, 0.1) is 6.54 Å². The van der Waals surface area contributed by atoms with Crippen molar-refractivity contribution in [2.45, 2.75) is 20.3 Å². The fourth-order valence-electron chi connectivity index (χ4n) is 2.51. The quantitative estimate of drug-likeness (QED) is 0.765. The number of likely N-dealkylation sites (tertiary alicyclic amines) is 1. The van der Waals surface area contributed by atoms with Crippen molar-refractivity contribution in [3.63, 3.8) is 0 Å². The van der Waals surface area contributed by atoms with Crippen molar-refractivity contribution in [2.75, 3.05) is 19.6 Å². The van der Waals surface area contributed by atoms with E-state index in [0.717, 1.165) is 19.5 Å². The molecule has 1 aliphatic heterocycles. The van der Waals surface area contributed by atoms with Crippen LogP contribution < -0.4 is 0 Å². The molecule has 0 saturated carbocycles. The van der Waals surface area contributed by atoms with Crippen molar-refractivity contribution < 1.29 is 9.18 Å². The van der Waals surface area contributed by atoms with Crippen molar-refractivity contribution in [3.05, 3.63) is 35.6 Å². The van der Waals surface area contributed by atoms with Crippen LogP contribution in [-0.4, -0.2) is 30.3 Å². The van der Waals surface area contributed by atoms with Gasteiger partial charge in [0.15, 0.2) is 5.78 Å². The van der Waals surface area contributed by atoms with Gasteiger partial charge < -0.3 is 0 Å². The lowest BCUT2D eigenvalue weighted by Gasteiger charge is -2.17. The lowest BCUT2D eigenvalue weighted by Crippen LogP contribution is -2.28. The Balaban J connectivity index is 1.93. The number of ketones is 1. The molecule has 2 nitrogen and oxygen atoms in total. The summed E-state index contributed by atoms with van der Waals surface area (Å²) in [6.45, 7) is 6.82. The second-order valence-electron chi connectivity index (χ2n) is 5.46. The lowest BCUT2D eigenvalue weighted by atomic mass is 9.95. The summed E-state index contributed by atoms with van der Waals surface area (Å²) >= 11 is 0. The summed E-state index contributed by atoms with van der Waals surface area (Å²) < 4.78 is 13.0. The van der Waals surface area contributed by atoms with E-state index in [1.807, 2.05) is 0 Å². The maximum atomic E-state index is 13.0. The van der Waals surface area contributed by atoms with Gasteiger partial charge in [-0.1, -0.05) is 26.0 Å².